The Balaban J connectivity index is 2.56. The highest BCUT2D eigenvalue weighted by molar-refractivity contribution is 6.30. The number of nitrogens with zero attached hydrogens (tertiary/aromatic N) is 1. The number of carboxylic acids is 1. The SMILES string of the molecule is CC(C)CCN(CCC(=O)O)Cc1ccc(Cl)cc1. The van der Waals surface area contributed by atoms with E-state index in [0.717, 1.165) is 24.5 Å². The molecule has 0 atom stereocenters. The summed E-state index contributed by atoms with van der Waals surface area (Å²) < 4.78 is 0. The van der Waals surface area contributed by atoms with Gasteiger partial charge in [-0.25, -0.2) is 0 Å². The summed E-state index contributed by atoms with van der Waals surface area (Å²) >= 11 is 5.86. The van der Waals surface area contributed by atoms with E-state index in [1.807, 2.05) is 24.3 Å². The first-order valence-electron chi connectivity index (χ1n) is 6.66. The van der Waals surface area contributed by atoms with Gasteiger partial charge in [-0.1, -0.05) is 37.6 Å². The molecule has 0 aliphatic rings. The molecule has 1 N–H and O–H groups in total. The fourth-order valence-corrected chi connectivity index (χ4v) is 1.94. The van der Waals surface area contributed by atoms with Crippen LogP contribution in [0.1, 0.15) is 32.3 Å². The first-order chi connectivity index (χ1) is 8.97. The number of carboxylic acid groups (broad SMARTS) is 1. The average molecular weight is 284 g/mol. The van der Waals surface area contributed by atoms with Gasteiger partial charge in [0, 0.05) is 18.1 Å². The number of carbonyl (C=O) groups is 1. The minimum absolute atomic E-state index is 0.186. The van der Waals surface area contributed by atoms with Gasteiger partial charge >= 0.3 is 5.97 Å². The van der Waals surface area contributed by atoms with Crippen molar-refractivity contribution in [2.45, 2.75) is 33.2 Å². The van der Waals surface area contributed by atoms with Crippen molar-refractivity contribution < 1.29 is 9.90 Å². The molecule has 0 amide bonds. The van der Waals surface area contributed by atoms with Crippen LogP contribution < -0.4 is 0 Å². The Morgan fingerprint density at radius 3 is 2.42 bits per heavy atom. The van der Waals surface area contributed by atoms with Gasteiger partial charge in [-0.2, -0.15) is 0 Å². The van der Waals surface area contributed by atoms with Crippen molar-refractivity contribution in [2.24, 2.45) is 5.92 Å². The number of halogens is 1. The molecule has 4 heteroatoms. The Bertz CT molecular complexity index is 390. The van der Waals surface area contributed by atoms with Crippen molar-refractivity contribution in [3.8, 4) is 0 Å². The van der Waals surface area contributed by atoms with E-state index in [1.54, 1.807) is 0 Å². The third-order valence-corrected chi connectivity index (χ3v) is 3.24. The predicted molar refractivity (Wildman–Crippen MR) is 78.4 cm³/mol. The quantitative estimate of drug-likeness (QED) is 0.791. The van der Waals surface area contributed by atoms with Crippen LogP contribution >= 0.6 is 11.6 Å². The second-order valence-corrected chi connectivity index (χ2v) is 5.67. The highest BCUT2D eigenvalue weighted by Crippen LogP contribution is 2.13. The molecule has 1 aromatic carbocycles. The number of aliphatic carboxylic acids is 1. The molecule has 0 radical (unpaired) electrons. The number of benzene rings is 1. The van der Waals surface area contributed by atoms with E-state index in [0.29, 0.717) is 12.5 Å². The Labute approximate surface area is 120 Å². The Kier molecular flexibility index (Phi) is 6.89. The molecule has 0 unspecified atom stereocenters. The lowest BCUT2D eigenvalue weighted by Gasteiger charge is -2.22. The third-order valence-electron chi connectivity index (χ3n) is 2.98. The van der Waals surface area contributed by atoms with Crippen LogP contribution in [0.15, 0.2) is 24.3 Å². The highest BCUT2D eigenvalue weighted by atomic mass is 35.5. The molecule has 1 rings (SSSR count). The summed E-state index contributed by atoms with van der Waals surface area (Å²) in [6.07, 6.45) is 1.26. The molecule has 0 bridgehead atoms. The topological polar surface area (TPSA) is 40.5 Å². The van der Waals surface area contributed by atoms with Gasteiger partial charge in [0.2, 0.25) is 0 Å². The minimum atomic E-state index is -0.745. The molecule has 3 nitrogen and oxygen atoms in total. The van der Waals surface area contributed by atoms with Crippen molar-refractivity contribution in [3.05, 3.63) is 34.9 Å². The van der Waals surface area contributed by atoms with E-state index in [4.69, 9.17) is 16.7 Å². The maximum atomic E-state index is 10.7. The maximum absolute atomic E-state index is 10.7. The molecule has 19 heavy (non-hydrogen) atoms. The number of hydrogen-bond donors (Lipinski definition) is 1. The van der Waals surface area contributed by atoms with Crippen LogP contribution in [0.2, 0.25) is 5.02 Å². The largest absolute Gasteiger partial charge is 0.481 e. The Hall–Kier alpha value is -1.06. The normalized spacial score (nSPS) is 11.2. The average Bonchev–Trinajstić information content (AvgIpc) is 2.35. The summed E-state index contributed by atoms with van der Waals surface area (Å²) in [7, 11) is 0. The van der Waals surface area contributed by atoms with Gasteiger partial charge in [-0.15, -0.1) is 0 Å². The third kappa shape index (κ3) is 7.19. The van der Waals surface area contributed by atoms with Crippen molar-refractivity contribution in [2.75, 3.05) is 13.1 Å². The summed E-state index contributed by atoms with van der Waals surface area (Å²) in [6.45, 7) is 6.64. The Morgan fingerprint density at radius 1 is 1.26 bits per heavy atom. The molecule has 0 aliphatic carbocycles. The van der Waals surface area contributed by atoms with Gasteiger partial charge < -0.3 is 5.11 Å². The molecule has 106 valence electrons. The van der Waals surface area contributed by atoms with Gasteiger partial charge in [-0.3, -0.25) is 9.69 Å². The van der Waals surface area contributed by atoms with Crippen LogP contribution in [0, 0.1) is 5.92 Å². The molecule has 0 saturated heterocycles. The summed E-state index contributed by atoms with van der Waals surface area (Å²) in [5.74, 6) is -0.122. The van der Waals surface area contributed by atoms with Gasteiger partial charge in [0.15, 0.2) is 0 Å². The summed E-state index contributed by atoms with van der Waals surface area (Å²) in [5.41, 5.74) is 1.17. The number of hydrogen-bond acceptors (Lipinski definition) is 2. The van der Waals surface area contributed by atoms with E-state index in [-0.39, 0.29) is 6.42 Å². The fraction of sp³-hybridized carbons (Fsp3) is 0.533. The first-order valence-corrected chi connectivity index (χ1v) is 7.03. The summed E-state index contributed by atoms with van der Waals surface area (Å²) in [6, 6.07) is 7.72. The zero-order valence-corrected chi connectivity index (χ0v) is 12.4. The molecular formula is C15H22ClNO2. The lowest BCUT2D eigenvalue weighted by molar-refractivity contribution is -0.137. The Morgan fingerprint density at radius 2 is 1.89 bits per heavy atom. The van der Waals surface area contributed by atoms with Crippen LogP contribution in [-0.2, 0) is 11.3 Å². The van der Waals surface area contributed by atoms with E-state index in [1.165, 1.54) is 5.56 Å². The second-order valence-electron chi connectivity index (χ2n) is 5.23. The van der Waals surface area contributed by atoms with E-state index < -0.39 is 5.97 Å². The standard InChI is InChI=1S/C15H22ClNO2/c1-12(2)7-9-17(10-8-15(18)19)11-13-3-5-14(16)6-4-13/h3-6,12H,7-11H2,1-2H3,(H,18,19). The van der Waals surface area contributed by atoms with Crippen LogP contribution in [0.5, 0.6) is 0 Å². The molecule has 0 aliphatic heterocycles. The number of rotatable bonds is 8. The van der Waals surface area contributed by atoms with E-state index in [2.05, 4.69) is 18.7 Å². The van der Waals surface area contributed by atoms with E-state index in [9.17, 15) is 4.79 Å². The van der Waals surface area contributed by atoms with Gasteiger partial charge in [-0.05, 0) is 36.6 Å². The van der Waals surface area contributed by atoms with Crippen molar-refractivity contribution in [1.82, 2.24) is 4.90 Å². The molecular weight excluding hydrogens is 262 g/mol. The molecule has 0 heterocycles. The lowest BCUT2D eigenvalue weighted by atomic mass is 10.1. The zero-order valence-electron chi connectivity index (χ0n) is 11.6. The van der Waals surface area contributed by atoms with Crippen LogP contribution in [-0.4, -0.2) is 29.1 Å². The molecule has 0 fully saturated rings. The highest BCUT2D eigenvalue weighted by Gasteiger charge is 2.09. The van der Waals surface area contributed by atoms with Crippen LogP contribution in [0.25, 0.3) is 0 Å². The monoisotopic (exact) mass is 283 g/mol. The molecule has 1 aromatic rings. The van der Waals surface area contributed by atoms with Crippen molar-refractivity contribution in [3.63, 3.8) is 0 Å². The lowest BCUT2D eigenvalue weighted by Crippen LogP contribution is -2.28. The van der Waals surface area contributed by atoms with E-state index >= 15 is 0 Å². The predicted octanol–water partition coefficient (Wildman–Crippen LogP) is 3.66. The summed E-state index contributed by atoms with van der Waals surface area (Å²) in [4.78, 5) is 12.9. The van der Waals surface area contributed by atoms with Gasteiger partial charge in [0.1, 0.15) is 0 Å². The molecule has 0 saturated carbocycles. The minimum Gasteiger partial charge on any atom is -0.481 e. The van der Waals surface area contributed by atoms with Gasteiger partial charge in [0.25, 0.3) is 0 Å². The zero-order chi connectivity index (χ0) is 14.3. The first kappa shape index (κ1) is 16.0. The smallest absolute Gasteiger partial charge is 0.304 e. The fourth-order valence-electron chi connectivity index (χ4n) is 1.81. The summed E-state index contributed by atoms with van der Waals surface area (Å²) in [5, 5.41) is 9.52. The van der Waals surface area contributed by atoms with Crippen LogP contribution in [0.4, 0.5) is 0 Å². The second kappa shape index (κ2) is 8.18. The molecule has 0 spiro atoms. The van der Waals surface area contributed by atoms with Gasteiger partial charge in [0.05, 0.1) is 6.42 Å². The van der Waals surface area contributed by atoms with Crippen molar-refractivity contribution >= 4 is 17.6 Å². The van der Waals surface area contributed by atoms with Crippen LogP contribution in [0.3, 0.4) is 0 Å². The molecule has 0 aromatic heterocycles. The van der Waals surface area contributed by atoms with Crippen molar-refractivity contribution in [1.29, 1.82) is 0 Å². The maximum Gasteiger partial charge on any atom is 0.304 e.